The van der Waals surface area contributed by atoms with Gasteiger partial charge in [0.2, 0.25) is 0 Å². The van der Waals surface area contributed by atoms with Gasteiger partial charge in [-0.25, -0.2) is 9.97 Å². The number of ether oxygens (including phenoxy) is 1. The Morgan fingerprint density at radius 1 is 1.04 bits per heavy atom. The minimum Gasteiger partial charge on any atom is -0.497 e. The summed E-state index contributed by atoms with van der Waals surface area (Å²) in [6.07, 6.45) is 5.06. The smallest absolute Gasteiger partial charge is 0.278 e. The van der Waals surface area contributed by atoms with Crippen LogP contribution >= 0.6 is 11.6 Å². The molecule has 2 aromatic carbocycles. The summed E-state index contributed by atoms with van der Waals surface area (Å²) in [7, 11) is 3.33. The summed E-state index contributed by atoms with van der Waals surface area (Å²) in [5, 5.41) is 0.617. The molecule has 4 rings (SSSR count). The standard InChI is InChI=1S/C21H17ClN4O2/c1-25(16-7-5-15(22)6-8-16)21(27)18-13-26-19(11-24-20(26)12-23-18)14-3-9-17(28-2)10-4-14/h3-13H,1-2H3. The number of hydrogen-bond donors (Lipinski definition) is 0. The van der Waals surface area contributed by atoms with Crippen LogP contribution in [0.1, 0.15) is 10.5 Å². The SMILES string of the molecule is COc1ccc(-c2cnc3cnc(C(=O)N(C)c4ccc(Cl)cc4)cn23)cc1. The first-order valence-corrected chi connectivity index (χ1v) is 8.96. The molecule has 7 heteroatoms. The van der Waals surface area contributed by atoms with Crippen molar-refractivity contribution in [3.05, 3.63) is 77.8 Å². The highest BCUT2D eigenvalue weighted by atomic mass is 35.5. The van der Waals surface area contributed by atoms with Gasteiger partial charge in [-0.15, -0.1) is 0 Å². The number of imidazole rings is 1. The predicted octanol–water partition coefficient (Wildman–Crippen LogP) is 4.33. The van der Waals surface area contributed by atoms with E-state index < -0.39 is 0 Å². The lowest BCUT2D eigenvalue weighted by atomic mass is 10.1. The number of benzene rings is 2. The summed E-state index contributed by atoms with van der Waals surface area (Å²) >= 11 is 5.93. The lowest BCUT2D eigenvalue weighted by Gasteiger charge is -2.17. The van der Waals surface area contributed by atoms with Crippen LogP contribution in [0, 0.1) is 0 Å². The fraction of sp³-hybridized carbons (Fsp3) is 0.0952. The van der Waals surface area contributed by atoms with Gasteiger partial charge in [0.1, 0.15) is 11.4 Å². The Balaban J connectivity index is 1.70. The molecule has 4 aromatic rings. The Labute approximate surface area is 167 Å². The first kappa shape index (κ1) is 18.0. The summed E-state index contributed by atoms with van der Waals surface area (Å²) in [6.45, 7) is 0. The van der Waals surface area contributed by atoms with Gasteiger partial charge < -0.3 is 9.64 Å². The van der Waals surface area contributed by atoms with Gasteiger partial charge in [0, 0.05) is 29.5 Å². The van der Waals surface area contributed by atoms with Gasteiger partial charge in [-0.3, -0.25) is 9.20 Å². The van der Waals surface area contributed by atoms with Crippen molar-refractivity contribution in [3.8, 4) is 17.0 Å². The second-order valence-corrected chi connectivity index (χ2v) is 6.65. The number of nitrogens with zero attached hydrogens (tertiary/aromatic N) is 4. The molecule has 0 aliphatic carbocycles. The Morgan fingerprint density at radius 3 is 2.43 bits per heavy atom. The van der Waals surface area contributed by atoms with Crippen LogP contribution in [-0.2, 0) is 0 Å². The van der Waals surface area contributed by atoms with Gasteiger partial charge in [-0.05, 0) is 48.5 Å². The van der Waals surface area contributed by atoms with Crippen molar-refractivity contribution >= 4 is 28.8 Å². The maximum atomic E-state index is 12.9. The highest BCUT2D eigenvalue weighted by Crippen LogP contribution is 2.24. The minimum absolute atomic E-state index is 0.224. The summed E-state index contributed by atoms with van der Waals surface area (Å²) in [6, 6.07) is 14.7. The Hall–Kier alpha value is -3.38. The van der Waals surface area contributed by atoms with Crippen LogP contribution in [-0.4, -0.2) is 34.4 Å². The fourth-order valence-corrected chi connectivity index (χ4v) is 3.05. The molecule has 1 amide bonds. The van der Waals surface area contributed by atoms with Crippen LogP contribution in [0.3, 0.4) is 0 Å². The molecule has 0 unspecified atom stereocenters. The molecule has 0 radical (unpaired) electrons. The van der Waals surface area contributed by atoms with Crippen molar-refractivity contribution in [2.45, 2.75) is 0 Å². The highest BCUT2D eigenvalue weighted by molar-refractivity contribution is 6.30. The van der Waals surface area contributed by atoms with Crippen LogP contribution in [0.15, 0.2) is 67.1 Å². The van der Waals surface area contributed by atoms with E-state index in [2.05, 4.69) is 9.97 Å². The molecule has 0 fully saturated rings. The van der Waals surface area contributed by atoms with Gasteiger partial charge in [0.15, 0.2) is 5.65 Å². The van der Waals surface area contributed by atoms with Crippen LogP contribution in [0.4, 0.5) is 5.69 Å². The van der Waals surface area contributed by atoms with Gasteiger partial charge in [-0.2, -0.15) is 0 Å². The number of carbonyl (C=O) groups excluding carboxylic acids is 1. The maximum Gasteiger partial charge on any atom is 0.278 e. The van der Waals surface area contributed by atoms with Crippen LogP contribution in [0.25, 0.3) is 16.9 Å². The summed E-state index contributed by atoms with van der Waals surface area (Å²) < 4.78 is 7.07. The molecule has 0 aliphatic rings. The average molecular weight is 393 g/mol. The molecule has 140 valence electrons. The summed E-state index contributed by atoms with van der Waals surface area (Å²) in [5.74, 6) is 0.554. The Bertz CT molecular complexity index is 1140. The number of rotatable bonds is 4. The molecule has 0 bridgehead atoms. The fourth-order valence-electron chi connectivity index (χ4n) is 2.93. The molecule has 0 N–H and O–H groups in total. The van der Waals surface area contributed by atoms with E-state index in [1.165, 1.54) is 4.90 Å². The maximum absolute atomic E-state index is 12.9. The number of carbonyl (C=O) groups is 1. The van der Waals surface area contributed by atoms with Gasteiger partial charge >= 0.3 is 0 Å². The molecule has 28 heavy (non-hydrogen) atoms. The van der Waals surface area contributed by atoms with Crippen molar-refractivity contribution < 1.29 is 9.53 Å². The number of methoxy groups -OCH3 is 1. The number of amides is 1. The largest absolute Gasteiger partial charge is 0.497 e. The van der Waals surface area contributed by atoms with Gasteiger partial charge in [0.25, 0.3) is 5.91 Å². The molecule has 0 aliphatic heterocycles. The third kappa shape index (κ3) is 3.30. The molecule has 0 atom stereocenters. The van der Waals surface area contributed by atoms with Crippen LogP contribution < -0.4 is 9.64 Å². The van der Waals surface area contributed by atoms with E-state index in [-0.39, 0.29) is 5.91 Å². The molecule has 2 heterocycles. The van der Waals surface area contributed by atoms with E-state index in [9.17, 15) is 4.79 Å². The van der Waals surface area contributed by atoms with E-state index in [1.54, 1.807) is 57.0 Å². The zero-order valence-corrected chi connectivity index (χ0v) is 16.1. The third-order valence-electron chi connectivity index (χ3n) is 4.52. The quantitative estimate of drug-likeness (QED) is 0.518. The number of anilines is 1. The second-order valence-electron chi connectivity index (χ2n) is 6.21. The second kappa shape index (κ2) is 7.32. The number of fused-ring (bicyclic) bond motifs is 1. The number of hydrogen-bond acceptors (Lipinski definition) is 4. The summed E-state index contributed by atoms with van der Waals surface area (Å²) in [5.41, 5.74) is 3.54. The molecule has 0 saturated carbocycles. The lowest BCUT2D eigenvalue weighted by molar-refractivity contribution is 0.0988. The Kier molecular flexibility index (Phi) is 4.71. The van der Waals surface area contributed by atoms with Gasteiger partial charge in [-0.1, -0.05) is 11.6 Å². The van der Waals surface area contributed by atoms with E-state index in [0.717, 1.165) is 22.7 Å². The van der Waals surface area contributed by atoms with Crippen molar-refractivity contribution in [2.75, 3.05) is 19.1 Å². The van der Waals surface area contributed by atoms with Crippen molar-refractivity contribution in [1.82, 2.24) is 14.4 Å². The lowest BCUT2D eigenvalue weighted by Crippen LogP contribution is -2.27. The van der Waals surface area contributed by atoms with Crippen LogP contribution in [0.5, 0.6) is 5.75 Å². The van der Waals surface area contributed by atoms with E-state index in [4.69, 9.17) is 16.3 Å². The van der Waals surface area contributed by atoms with Crippen molar-refractivity contribution in [2.24, 2.45) is 0 Å². The van der Waals surface area contributed by atoms with Crippen LogP contribution in [0.2, 0.25) is 5.02 Å². The predicted molar refractivity (Wildman–Crippen MR) is 109 cm³/mol. The topological polar surface area (TPSA) is 59.7 Å². The molecule has 6 nitrogen and oxygen atoms in total. The zero-order chi connectivity index (χ0) is 19.7. The molecular formula is C21H17ClN4O2. The van der Waals surface area contributed by atoms with Crippen molar-refractivity contribution in [3.63, 3.8) is 0 Å². The molecule has 0 saturated heterocycles. The summed E-state index contributed by atoms with van der Waals surface area (Å²) in [4.78, 5) is 23.1. The van der Waals surface area contributed by atoms with Crippen molar-refractivity contribution in [1.29, 1.82) is 0 Å². The molecule has 0 spiro atoms. The highest BCUT2D eigenvalue weighted by Gasteiger charge is 2.17. The third-order valence-corrected chi connectivity index (χ3v) is 4.77. The first-order chi connectivity index (χ1) is 13.6. The minimum atomic E-state index is -0.224. The van der Waals surface area contributed by atoms with E-state index in [1.807, 2.05) is 28.7 Å². The van der Waals surface area contributed by atoms with Gasteiger partial charge in [0.05, 0.1) is 25.2 Å². The monoisotopic (exact) mass is 392 g/mol. The first-order valence-electron chi connectivity index (χ1n) is 8.58. The van der Waals surface area contributed by atoms with E-state index >= 15 is 0 Å². The average Bonchev–Trinajstić information content (AvgIpc) is 3.16. The molecular weight excluding hydrogens is 376 g/mol. The zero-order valence-electron chi connectivity index (χ0n) is 15.3. The number of aromatic nitrogens is 3. The van der Waals surface area contributed by atoms with E-state index in [0.29, 0.717) is 16.4 Å². The Morgan fingerprint density at radius 2 is 1.75 bits per heavy atom. The molecule has 2 aromatic heterocycles. The normalized spacial score (nSPS) is 10.8. The number of halogens is 1.